The maximum atomic E-state index is 13.3. The second-order valence-corrected chi connectivity index (χ2v) is 7.86. The maximum absolute atomic E-state index is 13.3. The van der Waals surface area contributed by atoms with Crippen molar-refractivity contribution >= 4 is 11.6 Å². The molecule has 1 aliphatic rings. The predicted molar refractivity (Wildman–Crippen MR) is 113 cm³/mol. The molecular weight excluding hydrogens is 376 g/mol. The van der Waals surface area contributed by atoms with Gasteiger partial charge in [-0.15, -0.1) is 0 Å². The molecule has 1 atom stereocenters. The fourth-order valence-electron chi connectivity index (χ4n) is 4.19. The number of carbonyl (C=O) groups excluding carboxylic acids is 1. The molecule has 0 bridgehead atoms. The number of rotatable bonds is 4. The van der Waals surface area contributed by atoms with Crippen LogP contribution >= 0.6 is 0 Å². The Morgan fingerprint density at radius 2 is 2.00 bits per heavy atom. The topological polar surface area (TPSA) is 63.6 Å². The molecule has 1 aliphatic heterocycles. The zero-order valence-corrected chi connectivity index (χ0v) is 17.0. The van der Waals surface area contributed by atoms with Gasteiger partial charge in [0.25, 0.3) is 5.91 Å². The Labute approximate surface area is 175 Å². The number of oxazole rings is 1. The summed E-state index contributed by atoms with van der Waals surface area (Å²) in [6.45, 7) is 2.69. The van der Waals surface area contributed by atoms with Crippen molar-refractivity contribution in [3.63, 3.8) is 0 Å². The van der Waals surface area contributed by atoms with Gasteiger partial charge >= 0.3 is 0 Å². The smallest absolute Gasteiger partial charge is 0.274 e. The number of piperidine rings is 1. The van der Waals surface area contributed by atoms with Crippen LogP contribution in [0, 0.1) is 6.92 Å². The first-order chi connectivity index (χ1) is 14.7. The number of nitrogens with zero attached hydrogens (tertiary/aromatic N) is 4. The van der Waals surface area contributed by atoms with Gasteiger partial charge in [-0.2, -0.15) is 0 Å². The molecule has 4 heterocycles. The van der Waals surface area contributed by atoms with E-state index in [1.165, 1.54) is 5.56 Å². The molecule has 152 valence electrons. The van der Waals surface area contributed by atoms with Crippen LogP contribution in [0.1, 0.15) is 58.7 Å². The van der Waals surface area contributed by atoms with Crippen LogP contribution in [0.5, 0.6) is 0 Å². The first-order valence-corrected chi connectivity index (χ1v) is 10.4. The highest BCUT2D eigenvalue weighted by molar-refractivity contribution is 5.93. The lowest BCUT2D eigenvalue weighted by molar-refractivity contribution is 0.0564. The summed E-state index contributed by atoms with van der Waals surface area (Å²) in [7, 11) is 0. The van der Waals surface area contributed by atoms with E-state index in [1.54, 1.807) is 6.20 Å². The summed E-state index contributed by atoms with van der Waals surface area (Å²) < 4.78 is 8.04. The molecule has 5 rings (SSSR count). The number of carbonyl (C=O) groups is 1. The Hall–Kier alpha value is -3.41. The minimum Gasteiger partial charge on any atom is -0.443 e. The summed E-state index contributed by atoms with van der Waals surface area (Å²) in [6.07, 6.45) is 7.19. The van der Waals surface area contributed by atoms with E-state index in [4.69, 9.17) is 4.42 Å². The Morgan fingerprint density at radius 1 is 1.13 bits per heavy atom. The van der Waals surface area contributed by atoms with Crippen molar-refractivity contribution in [1.82, 2.24) is 19.3 Å². The van der Waals surface area contributed by atoms with Crippen LogP contribution < -0.4 is 0 Å². The van der Waals surface area contributed by atoms with Crippen LogP contribution in [0.4, 0.5) is 0 Å². The van der Waals surface area contributed by atoms with Crippen LogP contribution in [0.15, 0.2) is 65.3 Å². The van der Waals surface area contributed by atoms with Crippen molar-refractivity contribution in [2.75, 3.05) is 6.54 Å². The Balaban J connectivity index is 1.40. The summed E-state index contributed by atoms with van der Waals surface area (Å²) >= 11 is 0. The molecule has 0 saturated carbocycles. The molecule has 3 aromatic heterocycles. The van der Waals surface area contributed by atoms with Gasteiger partial charge in [0.05, 0.1) is 6.20 Å². The normalized spacial score (nSPS) is 16.8. The van der Waals surface area contributed by atoms with E-state index in [9.17, 15) is 4.79 Å². The zero-order chi connectivity index (χ0) is 20.5. The molecule has 30 heavy (non-hydrogen) atoms. The van der Waals surface area contributed by atoms with E-state index in [-0.39, 0.29) is 11.9 Å². The maximum Gasteiger partial charge on any atom is 0.274 e. The second-order valence-electron chi connectivity index (χ2n) is 7.86. The molecule has 0 aliphatic carbocycles. The van der Waals surface area contributed by atoms with Crippen LogP contribution in [0.2, 0.25) is 0 Å². The van der Waals surface area contributed by atoms with Crippen molar-refractivity contribution in [2.24, 2.45) is 0 Å². The molecular formula is C24H24N4O2. The number of hydrogen-bond acceptors (Lipinski definition) is 4. The minimum atomic E-state index is -0.151. The number of likely N-dealkylation sites (tertiary alicyclic amines) is 1. The van der Waals surface area contributed by atoms with Gasteiger partial charge in [-0.3, -0.25) is 4.79 Å². The monoisotopic (exact) mass is 400 g/mol. The molecule has 1 amide bonds. The zero-order valence-electron chi connectivity index (χ0n) is 17.0. The molecule has 6 nitrogen and oxygen atoms in total. The molecule has 1 saturated heterocycles. The third-order valence-electron chi connectivity index (χ3n) is 5.76. The predicted octanol–water partition coefficient (Wildman–Crippen LogP) is 4.59. The number of amides is 1. The minimum absolute atomic E-state index is 0.0643. The molecule has 6 heteroatoms. The average molecular weight is 400 g/mol. The summed E-state index contributed by atoms with van der Waals surface area (Å²) in [5, 5.41) is 0. The lowest BCUT2D eigenvalue weighted by Crippen LogP contribution is -2.38. The van der Waals surface area contributed by atoms with E-state index in [1.807, 2.05) is 58.8 Å². The van der Waals surface area contributed by atoms with Gasteiger partial charge in [0.2, 0.25) is 5.89 Å². The quantitative estimate of drug-likeness (QED) is 0.503. The molecule has 4 aromatic rings. The fraction of sp³-hybridized carbons (Fsp3) is 0.292. The lowest BCUT2D eigenvalue weighted by Gasteiger charge is -2.33. The van der Waals surface area contributed by atoms with Crippen LogP contribution in [-0.4, -0.2) is 31.7 Å². The molecule has 0 spiro atoms. The van der Waals surface area contributed by atoms with Gasteiger partial charge in [-0.05, 0) is 43.9 Å². The summed E-state index contributed by atoms with van der Waals surface area (Å²) in [4.78, 5) is 24.3. The van der Waals surface area contributed by atoms with Crippen molar-refractivity contribution in [2.45, 2.75) is 38.6 Å². The molecule has 1 aromatic carbocycles. The highest BCUT2D eigenvalue weighted by atomic mass is 16.4. The van der Waals surface area contributed by atoms with Crippen LogP contribution in [0.25, 0.3) is 5.65 Å². The van der Waals surface area contributed by atoms with Crippen molar-refractivity contribution in [3.8, 4) is 0 Å². The SMILES string of the molecule is Cc1cccc2nc(C(=O)N3CCCC[C@@H]3c3ncc(Cc4ccccc4)o3)cn12. The van der Waals surface area contributed by atoms with E-state index in [0.29, 0.717) is 24.6 Å². The van der Waals surface area contributed by atoms with E-state index >= 15 is 0 Å². The van der Waals surface area contributed by atoms with Gasteiger partial charge in [0.1, 0.15) is 23.1 Å². The Kier molecular flexibility index (Phi) is 4.83. The number of fused-ring (bicyclic) bond motifs is 1. The highest BCUT2D eigenvalue weighted by Crippen LogP contribution is 2.32. The molecule has 1 fully saturated rings. The Morgan fingerprint density at radius 3 is 2.83 bits per heavy atom. The number of benzene rings is 1. The van der Waals surface area contributed by atoms with E-state index in [2.05, 4.69) is 22.1 Å². The summed E-state index contributed by atoms with van der Waals surface area (Å²) in [5.74, 6) is 1.37. The second kappa shape index (κ2) is 7.78. The number of hydrogen-bond donors (Lipinski definition) is 0. The number of pyridine rings is 1. The van der Waals surface area contributed by atoms with Gasteiger partial charge in [0.15, 0.2) is 0 Å². The number of aryl methyl sites for hydroxylation is 1. The van der Waals surface area contributed by atoms with Crippen LogP contribution in [0.3, 0.4) is 0 Å². The van der Waals surface area contributed by atoms with Crippen molar-refractivity contribution in [1.29, 1.82) is 0 Å². The first kappa shape index (κ1) is 18.6. The number of imidazole rings is 1. The van der Waals surface area contributed by atoms with Crippen molar-refractivity contribution in [3.05, 3.63) is 89.5 Å². The van der Waals surface area contributed by atoms with Gasteiger partial charge in [0, 0.05) is 24.9 Å². The first-order valence-electron chi connectivity index (χ1n) is 10.4. The summed E-state index contributed by atoms with van der Waals surface area (Å²) in [5.41, 5.74) is 3.48. The van der Waals surface area contributed by atoms with Crippen molar-refractivity contribution < 1.29 is 9.21 Å². The Bertz CT molecular complexity index is 1180. The van der Waals surface area contributed by atoms with Crippen LogP contribution in [-0.2, 0) is 6.42 Å². The molecule has 0 radical (unpaired) electrons. The third kappa shape index (κ3) is 3.49. The van der Waals surface area contributed by atoms with E-state index in [0.717, 1.165) is 36.4 Å². The summed E-state index contributed by atoms with van der Waals surface area (Å²) in [6, 6.07) is 15.9. The van der Waals surface area contributed by atoms with E-state index < -0.39 is 0 Å². The largest absolute Gasteiger partial charge is 0.443 e. The molecule has 0 N–H and O–H groups in total. The lowest BCUT2D eigenvalue weighted by atomic mass is 10.0. The highest BCUT2D eigenvalue weighted by Gasteiger charge is 2.33. The van der Waals surface area contributed by atoms with Gasteiger partial charge in [-0.25, -0.2) is 9.97 Å². The fourth-order valence-corrected chi connectivity index (χ4v) is 4.19. The average Bonchev–Trinajstić information content (AvgIpc) is 3.42. The van der Waals surface area contributed by atoms with Gasteiger partial charge < -0.3 is 13.7 Å². The molecule has 0 unspecified atom stereocenters. The van der Waals surface area contributed by atoms with Gasteiger partial charge in [-0.1, -0.05) is 36.4 Å². The number of aromatic nitrogens is 3. The standard InChI is InChI=1S/C24H24N4O2/c1-17-8-7-12-22-26-20(16-28(17)22)24(29)27-13-6-5-11-21(27)23-25-15-19(30-23)14-18-9-3-2-4-10-18/h2-4,7-10,12,15-16,21H,5-6,11,13-14H2,1H3/t21-/m1/s1. The third-order valence-corrected chi connectivity index (χ3v) is 5.76.